The lowest BCUT2D eigenvalue weighted by molar-refractivity contribution is -0.287. The minimum absolute atomic E-state index is 0.0371. The van der Waals surface area contributed by atoms with Gasteiger partial charge in [-0.1, -0.05) is 12.1 Å². The lowest BCUT2D eigenvalue weighted by atomic mass is 10.1. The molecule has 5 rings (SSSR count). The molecule has 0 unspecified atom stereocenters. The molecule has 3 aliphatic rings. The van der Waals surface area contributed by atoms with Gasteiger partial charge in [-0.3, -0.25) is 9.80 Å². The van der Waals surface area contributed by atoms with Crippen molar-refractivity contribution in [3.05, 3.63) is 47.5 Å². The fourth-order valence-electron chi connectivity index (χ4n) is 3.81. The van der Waals surface area contributed by atoms with Crippen LogP contribution in [-0.2, 0) is 13.1 Å². The molecule has 1 fully saturated rings. The average Bonchev–Trinajstić information content (AvgIpc) is 3.15. The second-order valence-electron chi connectivity index (χ2n) is 7.45. The molecular formula is C20H18F4N2O4. The molecule has 3 aliphatic heterocycles. The summed E-state index contributed by atoms with van der Waals surface area (Å²) in [6.45, 7) is 4.35. The minimum atomic E-state index is -3.61. The lowest BCUT2D eigenvalue weighted by Gasteiger charge is -2.34. The van der Waals surface area contributed by atoms with Gasteiger partial charge < -0.3 is 18.9 Å². The van der Waals surface area contributed by atoms with Crippen LogP contribution in [0.15, 0.2) is 36.4 Å². The third-order valence-corrected chi connectivity index (χ3v) is 5.21. The predicted molar refractivity (Wildman–Crippen MR) is 95.8 cm³/mol. The van der Waals surface area contributed by atoms with Crippen LogP contribution in [-0.4, -0.2) is 48.6 Å². The molecule has 160 valence electrons. The van der Waals surface area contributed by atoms with E-state index < -0.39 is 12.6 Å². The minimum Gasteiger partial charge on any atom is -0.395 e. The van der Waals surface area contributed by atoms with Crippen molar-refractivity contribution >= 4 is 0 Å². The fourth-order valence-corrected chi connectivity index (χ4v) is 3.81. The molecule has 30 heavy (non-hydrogen) atoms. The van der Waals surface area contributed by atoms with E-state index in [1.807, 2.05) is 0 Å². The number of hydrogen-bond donors (Lipinski definition) is 0. The molecule has 3 heterocycles. The average molecular weight is 426 g/mol. The first-order valence-corrected chi connectivity index (χ1v) is 9.47. The Morgan fingerprint density at radius 2 is 0.967 bits per heavy atom. The summed E-state index contributed by atoms with van der Waals surface area (Å²) in [5, 5.41) is 0. The summed E-state index contributed by atoms with van der Waals surface area (Å²) in [5.41, 5.74) is 1.72. The second kappa shape index (κ2) is 6.92. The zero-order valence-electron chi connectivity index (χ0n) is 15.7. The lowest BCUT2D eigenvalue weighted by Crippen LogP contribution is -2.45. The van der Waals surface area contributed by atoms with Crippen molar-refractivity contribution in [1.82, 2.24) is 9.80 Å². The molecule has 0 atom stereocenters. The van der Waals surface area contributed by atoms with Crippen LogP contribution in [0.25, 0.3) is 0 Å². The number of nitrogens with zero attached hydrogens (tertiary/aromatic N) is 2. The number of alkyl halides is 4. The first kappa shape index (κ1) is 19.3. The molecular weight excluding hydrogens is 408 g/mol. The largest absolute Gasteiger partial charge is 0.586 e. The van der Waals surface area contributed by atoms with Gasteiger partial charge in [-0.05, 0) is 35.4 Å². The maximum atomic E-state index is 13.1. The van der Waals surface area contributed by atoms with E-state index in [4.69, 9.17) is 0 Å². The molecule has 0 N–H and O–H groups in total. The van der Waals surface area contributed by atoms with E-state index in [0.29, 0.717) is 13.1 Å². The standard InChI is InChI=1S/C20H18F4N2O4/c21-19(22)27-15-3-1-13(9-17(15)29-19)11-25-5-7-26(8-6-25)12-14-2-4-16-18(10-14)30-20(23,24)28-16/h1-4,9-10H,5-8,11-12H2. The van der Waals surface area contributed by atoms with Gasteiger partial charge >= 0.3 is 12.6 Å². The van der Waals surface area contributed by atoms with Gasteiger partial charge in [0.15, 0.2) is 23.0 Å². The Morgan fingerprint density at radius 3 is 1.37 bits per heavy atom. The Morgan fingerprint density at radius 1 is 0.600 bits per heavy atom. The molecule has 0 aliphatic carbocycles. The number of rotatable bonds is 4. The molecule has 0 saturated carbocycles. The molecule has 6 nitrogen and oxygen atoms in total. The van der Waals surface area contributed by atoms with Crippen LogP contribution in [0.2, 0.25) is 0 Å². The quantitative estimate of drug-likeness (QED) is 0.696. The van der Waals surface area contributed by atoms with E-state index in [0.717, 1.165) is 37.3 Å². The number of halogens is 4. The number of fused-ring (bicyclic) bond motifs is 2. The van der Waals surface area contributed by atoms with Gasteiger partial charge in [0.25, 0.3) is 0 Å². The Kier molecular flexibility index (Phi) is 4.44. The Bertz CT molecular complexity index is 886. The van der Waals surface area contributed by atoms with Gasteiger partial charge in [0, 0.05) is 39.3 Å². The van der Waals surface area contributed by atoms with Crippen molar-refractivity contribution in [3.63, 3.8) is 0 Å². The van der Waals surface area contributed by atoms with E-state index in [9.17, 15) is 17.6 Å². The number of hydrogen-bond acceptors (Lipinski definition) is 6. The SMILES string of the molecule is FC1(F)Oc2ccc(CN3CCN(Cc4ccc5c(c4)OC(F)(F)O5)CC3)cc2O1. The van der Waals surface area contributed by atoms with Crippen LogP contribution in [0.4, 0.5) is 17.6 Å². The predicted octanol–water partition coefficient (Wildman–Crippen LogP) is 3.65. The summed E-state index contributed by atoms with van der Waals surface area (Å²) >= 11 is 0. The van der Waals surface area contributed by atoms with Crippen LogP contribution >= 0.6 is 0 Å². The maximum Gasteiger partial charge on any atom is 0.586 e. The Labute approximate surface area is 169 Å². The summed E-state index contributed by atoms with van der Waals surface area (Å²) in [6, 6.07) is 9.63. The summed E-state index contributed by atoms with van der Waals surface area (Å²) < 4.78 is 70.4. The van der Waals surface area contributed by atoms with E-state index >= 15 is 0 Å². The fraction of sp³-hybridized carbons (Fsp3) is 0.400. The van der Waals surface area contributed by atoms with Gasteiger partial charge in [-0.25, -0.2) is 0 Å². The molecule has 0 bridgehead atoms. The molecule has 2 aromatic rings. The molecule has 1 saturated heterocycles. The number of piperazine rings is 1. The summed E-state index contributed by atoms with van der Waals surface area (Å²) in [7, 11) is 0. The molecule has 0 amide bonds. The van der Waals surface area contributed by atoms with Crippen molar-refractivity contribution in [1.29, 1.82) is 0 Å². The molecule has 0 radical (unpaired) electrons. The maximum absolute atomic E-state index is 13.1. The normalized spacial score (nSPS) is 21.7. The van der Waals surface area contributed by atoms with E-state index in [1.54, 1.807) is 24.3 Å². The molecule has 0 aromatic heterocycles. The summed E-state index contributed by atoms with van der Waals surface area (Å²) in [4.78, 5) is 4.43. The van der Waals surface area contributed by atoms with Crippen LogP contribution in [0, 0.1) is 0 Å². The van der Waals surface area contributed by atoms with Crippen molar-refractivity contribution in [2.75, 3.05) is 26.2 Å². The van der Waals surface area contributed by atoms with Crippen molar-refractivity contribution in [2.24, 2.45) is 0 Å². The van der Waals surface area contributed by atoms with E-state index in [1.165, 1.54) is 12.1 Å². The third kappa shape index (κ3) is 3.97. The van der Waals surface area contributed by atoms with Crippen LogP contribution < -0.4 is 18.9 Å². The van der Waals surface area contributed by atoms with E-state index in [-0.39, 0.29) is 23.0 Å². The molecule has 10 heteroatoms. The van der Waals surface area contributed by atoms with Gasteiger partial charge in [-0.15, -0.1) is 17.6 Å². The highest BCUT2D eigenvalue weighted by Gasteiger charge is 2.44. The summed E-state index contributed by atoms with van der Waals surface area (Å²) in [6.07, 6.45) is -7.23. The van der Waals surface area contributed by atoms with Gasteiger partial charge in [0.2, 0.25) is 0 Å². The molecule has 2 aromatic carbocycles. The van der Waals surface area contributed by atoms with E-state index in [2.05, 4.69) is 28.7 Å². The Hall–Kier alpha value is -2.72. The van der Waals surface area contributed by atoms with Gasteiger partial charge in [0.05, 0.1) is 0 Å². The van der Waals surface area contributed by atoms with Crippen molar-refractivity contribution < 1.29 is 36.5 Å². The second-order valence-corrected chi connectivity index (χ2v) is 7.45. The Balaban J connectivity index is 1.14. The van der Waals surface area contributed by atoms with Crippen molar-refractivity contribution in [2.45, 2.75) is 25.7 Å². The van der Waals surface area contributed by atoms with Crippen LogP contribution in [0.3, 0.4) is 0 Å². The zero-order chi connectivity index (χ0) is 20.9. The van der Waals surface area contributed by atoms with Crippen molar-refractivity contribution in [3.8, 4) is 23.0 Å². The molecule has 0 spiro atoms. The highest BCUT2D eigenvalue weighted by Crippen LogP contribution is 2.42. The highest BCUT2D eigenvalue weighted by atomic mass is 19.3. The zero-order valence-corrected chi connectivity index (χ0v) is 15.7. The van der Waals surface area contributed by atoms with Gasteiger partial charge in [0.1, 0.15) is 0 Å². The highest BCUT2D eigenvalue weighted by molar-refractivity contribution is 5.46. The topological polar surface area (TPSA) is 43.4 Å². The van der Waals surface area contributed by atoms with Crippen LogP contribution in [0.1, 0.15) is 11.1 Å². The number of ether oxygens (including phenoxy) is 4. The van der Waals surface area contributed by atoms with Gasteiger partial charge in [-0.2, -0.15) is 0 Å². The first-order valence-electron chi connectivity index (χ1n) is 9.47. The number of benzene rings is 2. The van der Waals surface area contributed by atoms with Crippen LogP contribution in [0.5, 0.6) is 23.0 Å². The third-order valence-electron chi connectivity index (χ3n) is 5.21. The summed E-state index contributed by atoms with van der Waals surface area (Å²) in [5.74, 6) is 0.166. The smallest absolute Gasteiger partial charge is 0.395 e. The first-order chi connectivity index (χ1) is 14.2. The monoisotopic (exact) mass is 426 g/mol.